The van der Waals surface area contributed by atoms with Gasteiger partial charge in [-0.25, -0.2) is 18.2 Å². The van der Waals surface area contributed by atoms with Gasteiger partial charge >= 0.3 is 11.8 Å². The number of sulfone groups is 1. The monoisotopic (exact) mass is 451 g/mol. The van der Waals surface area contributed by atoms with Crippen LogP contribution in [0.3, 0.4) is 0 Å². The van der Waals surface area contributed by atoms with Crippen molar-refractivity contribution in [2.45, 2.75) is 17.7 Å². The van der Waals surface area contributed by atoms with Gasteiger partial charge in [-0.05, 0) is 43.0 Å². The lowest BCUT2D eigenvalue weighted by molar-refractivity contribution is -0.385. The molecule has 31 heavy (non-hydrogen) atoms. The molecule has 1 fully saturated rings. The Bertz CT molecular complexity index is 1070. The Morgan fingerprint density at radius 1 is 1.29 bits per heavy atom. The van der Waals surface area contributed by atoms with Crippen LogP contribution >= 0.6 is 0 Å². The highest BCUT2D eigenvalue weighted by atomic mass is 32.2. The third-order valence-corrected chi connectivity index (χ3v) is 5.99. The topological polar surface area (TPSA) is 165 Å². The van der Waals surface area contributed by atoms with Crippen LogP contribution in [0.25, 0.3) is 0 Å². The first kappa shape index (κ1) is 22.2. The number of benzene rings is 1. The molecule has 1 aliphatic heterocycles. The SMILES string of the molecule is CS(=O)(=O)c1ccc(Nc2ncnc(OCC3CCN(C(=O)O)CC3)c2[N+](=O)[O-])cc1. The van der Waals surface area contributed by atoms with Crippen LogP contribution in [0, 0.1) is 16.0 Å². The van der Waals surface area contributed by atoms with E-state index < -0.39 is 26.5 Å². The minimum Gasteiger partial charge on any atom is -0.472 e. The highest BCUT2D eigenvalue weighted by Gasteiger charge is 2.27. The van der Waals surface area contributed by atoms with Crippen molar-refractivity contribution in [1.29, 1.82) is 0 Å². The quantitative estimate of drug-likeness (QED) is 0.471. The summed E-state index contributed by atoms with van der Waals surface area (Å²) in [6, 6.07) is 5.70. The van der Waals surface area contributed by atoms with Gasteiger partial charge < -0.3 is 20.1 Å². The molecule has 3 rings (SSSR count). The van der Waals surface area contributed by atoms with E-state index in [1.807, 2.05) is 0 Å². The summed E-state index contributed by atoms with van der Waals surface area (Å²) < 4.78 is 28.7. The fourth-order valence-corrected chi connectivity index (χ4v) is 3.76. The third-order valence-electron chi connectivity index (χ3n) is 4.86. The normalized spacial score (nSPS) is 14.8. The van der Waals surface area contributed by atoms with E-state index in [0.29, 0.717) is 31.6 Å². The van der Waals surface area contributed by atoms with E-state index in [1.165, 1.54) is 29.2 Å². The number of nitrogens with zero attached hydrogens (tertiary/aromatic N) is 4. The number of nitro groups is 1. The van der Waals surface area contributed by atoms with Crippen molar-refractivity contribution in [2.24, 2.45) is 5.92 Å². The average molecular weight is 451 g/mol. The Labute approximate surface area is 177 Å². The molecule has 0 unspecified atom stereocenters. The second-order valence-corrected chi connectivity index (χ2v) is 9.09. The zero-order valence-electron chi connectivity index (χ0n) is 16.6. The number of carbonyl (C=O) groups is 1. The van der Waals surface area contributed by atoms with Gasteiger partial charge in [0.05, 0.1) is 16.4 Å². The van der Waals surface area contributed by atoms with Gasteiger partial charge in [0, 0.05) is 25.0 Å². The number of carboxylic acid groups (broad SMARTS) is 1. The molecule has 1 saturated heterocycles. The first-order chi connectivity index (χ1) is 14.6. The van der Waals surface area contributed by atoms with E-state index in [2.05, 4.69) is 15.3 Å². The number of likely N-dealkylation sites (tertiary alicyclic amines) is 1. The largest absolute Gasteiger partial charge is 0.472 e. The zero-order valence-corrected chi connectivity index (χ0v) is 17.4. The first-order valence-corrected chi connectivity index (χ1v) is 11.2. The van der Waals surface area contributed by atoms with Gasteiger partial charge in [-0.1, -0.05) is 0 Å². The predicted molar refractivity (Wildman–Crippen MR) is 109 cm³/mol. The van der Waals surface area contributed by atoms with Crippen LogP contribution in [-0.4, -0.2) is 65.4 Å². The molecule has 12 nitrogen and oxygen atoms in total. The molecule has 1 aliphatic rings. The third kappa shape index (κ3) is 5.57. The molecule has 166 valence electrons. The second kappa shape index (κ2) is 9.12. The molecule has 13 heteroatoms. The van der Waals surface area contributed by atoms with Gasteiger partial charge in [-0.15, -0.1) is 0 Å². The molecule has 1 aromatic heterocycles. The van der Waals surface area contributed by atoms with Crippen molar-refractivity contribution >= 4 is 33.1 Å². The van der Waals surface area contributed by atoms with E-state index in [0.717, 1.165) is 12.6 Å². The Kier molecular flexibility index (Phi) is 6.53. The number of aromatic nitrogens is 2. The molecule has 2 N–H and O–H groups in total. The molecule has 0 radical (unpaired) electrons. The number of rotatable bonds is 7. The Hall–Kier alpha value is -3.48. The molecule has 0 aliphatic carbocycles. The van der Waals surface area contributed by atoms with Crippen molar-refractivity contribution in [2.75, 3.05) is 31.3 Å². The summed E-state index contributed by atoms with van der Waals surface area (Å²) in [4.78, 5) is 31.2. The summed E-state index contributed by atoms with van der Waals surface area (Å²) in [6.07, 6.45) is 2.42. The Balaban J connectivity index is 1.72. The maximum absolute atomic E-state index is 11.6. The lowest BCUT2D eigenvalue weighted by atomic mass is 9.98. The highest BCUT2D eigenvalue weighted by molar-refractivity contribution is 7.90. The van der Waals surface area contributed by atoms with E-state index in [4.69, 9.17) is 9.84 Å². The van der Waals surface area contributed by atoms with Crippen LogP contribution in [0.2, 0.25) is 0 Å². The van der Waals surface area contributed by atoms with E-state index in [-0.39, 0.29) is 29.1 Å². The number of piperidine rings is 1. The van der Waals surface area contributed by atoms with Crippen molar-refractivity contribution in [3.05, 3.63) is 40.7 Å². The highest BCUT2D eigenvalue weighted by Crippen LogP contribution is 2.33. The van der Waals surface area contributed by atoms with Gasteiger partial charge in [-0.2, -0.15) is 4.98 Å². The smallest absolute Gasteiger partial charge is 0.407 e. The van der Waals surface area contributed by atoms with Crippen LogP contribution in [0.15, 0.2) is 35.5 Å². The minimum absolute atomic E-state index is 0.0464. The van der Waals surface area contributed by atoms with Gasteiger partial charge in [0.1, 0.15) is 6.33 Å². The van der Waals surface area contributed by atoms with Crippen LogP contribution in [0.4, 0.5) is 22.0 Å². The maximum Gasteiger partial charge on any atom is 0.407 e. The number of amides is 1. The molecule has 2 aromatic rings. The molecule has 2 heterocycles. The molecule has 0 spiro atoms. The summed E-state index contributed by atoms with van der Waals surface area (Å²) >= 11 is 0. The molecule has 0 bridgehead atoms. The average Bonchev–Trinajstić information content (AvgIpc) is 2.72. The maximum atomic E-state index is 11.6. The van der Waals surface area contributed by atoms with Gasteiger partial charge in [0.2, 0.25) is 5.82 Å². The number of nitrogens with one attached hydrogen (secondary N) is 1. The van der Waals surface area contributed by atoms with Gasteiger partial charge in [-0.3, -0.25) is 10.1 Å². The summed E-state index contributed by atoms with van der Waals surface area (Å²) in [5, 5.41) is 23.4. The summed E-state index contributed by atoms with van der Waals surface area (Å²) in [6.45, 7) is 0.921. The van der Waals surface area contributed by atoms with Crippen LogP contribution in [0.1, 0.15) is 12.8 Å². The standard InChI is InChI=1S/C18H21N5O7S/c1-31(28,29)14-4-2-13(3-5-14)21-16-15(23(26)27)17(20-11-19-16)30-10-12-6-8-22(9-7-12)18(24)25/h2-5,11-12H,6-10H2,1H3,(H,24,25)(H,19,20,21). The summed E-state index contributed by atoms with van der Waals surface area (Å²) in [5.74, 6) is -0.246. The van der Waals surface area contributed by atoms with Crippen molar-refractivity contribution < 1.29 is 28.0 Å². The van der Waals surface area contributed by atoms with Crippen LogP contribution in [0.5, 0.6) is 5.88 Å². The van der Waals surface area contributed by atoms with E-state index in [1.54, 1.807) is 0 Å². The molecular weight excluding hydrogens is 430 g/mol. The predicted octanol–water partition coefficient (Wildman–Crippen LogP) is 2.30. The van der Waals surface area contributed by atoms with Gasteiger partial charge in [0.25, 0.3) is 5.88 Å². The Morgan fingerprint density at radius 3 is 2.48 bits per heavy atom. The molecule has 0 saturated carbocycles. The lowest BCUT2D eigenvalue weighted by Crippen LogP contribution is -2.38. The minimum atomic E-state index is -3.36. The van der Waals surface area contributed by atoms with E-state index in [9.17, 15) is 23.3 Å². The van der Waals surface area contributed by atoms with Crippen molar-refractivity contribution in [3.8, 4) is 5.88 Å². The number of hydrogen-bond acceptors (Lipinski definition) is 9. The van der Waals surface area contributed by atoms with Crippen molar-refractivity contribution in [3.63, 3.8) is 0 Å². The number of ether oxygens (including phenoxy) is 1. The number of hydrogen-bond donors (Lipinski definition) is 2. The molecule has 1 aromatic carbocycles. The van der Waals surface area contributed by atoms with Crippen LogP contribution in [-0.2, 0) is 9.84 Å². The van der Waals surface area contributed by atoms with Gasteiger partial charge in [0.15, 0.2) is 9.84 Å². The Morgan fingerprint density at radius 2 is 1.94 bits per heavy atom. The van der Waals surface area contributed by atoms with E-state index >= 15 is 0 Å². The lowest BCUT2D eigenvalue weighted by Gasteiger charge is -2.29. The fourth-order valence-electron chi connectivity index (χ4n) is 3.13. The van der Waals surface area contributed by atoms with Crippen molar-refractivity contribution in [1.82, 2.24) is 14.9 Å². The molecule has 1 amide bonds. The van der Waals surface area contributed by atoms with Crippen LogP contribution < -0.4 is 10.1 Å². The molecule has 0 atom stereocenters. The fraction of sp³-hybridized carbons (Fsp3) is 0.389. The molecular formula is C18H21N5O7S. The summed E-state index contributed by atoms with van der Waals surface area (Å²) in [5.41, 5.74) is -0.0427. The summed E-state index contributed by atoms with van der Waals surface area (Å²) in [7, 11) is -3.36. The second-order valence-electron chi connectivity index (χ2n) is 7.08. The zero-order chi connectivity index (χ0) is 22.6. The number of anilines is 2. The first-order valence-electron chi connectivity index (χ1n) is 9.32.